The van der Waals surface area contributed by atoms with Gasteiger partial charge in [-0.3, -0.25) is 4.79 Å². The number of amides is 1. The number of hydrogen-bond donors (Lipinski definition) is 1. The molecule has 0 bridgehead atoms. The number of thiophene rings is 1. The first kappa shape index (κ1) is 19.3. The van der Waals surface area contributed by atoms with Crippen molar-refractivity contribution in [3.05, 3.63) is 64.0 Å². The van der Waals surface area contributed by atoms with Crippen molar-refractivity contribution in [1.29, 1.82) is 0 Å². The lowest BCUT2D eigenvalue weighted by atomic mass is 10.1. The maximum Gasteiger partial charge on any atom is 0.262 e. The zero-order valence-corrected chi connectivity index (χ0v) is 16.0. The number of ether oxygens (including phenoxy) is 2. The number of methoxy groups -OCH3 is 2. The zero-order valence-electron chi connectivity index (χ0n) is 15.1. The van der Waals surface area contributed by atoms with E-state index in [1.807, 2.05) is 0 Å². The molecule has 3 aromatic rings. The van der Waals surface area contributed by atoms with E-state index >= 15 is 0 Å². The van der Waals surface area contributed by atoms with Crippen molar-refractivity contribution in [2.75, 3.05) is 14.2 Å². The molecule has 7 heteroatoms. The Morgan fingerprint density at radius 1 is 1.22 bits per heavy atom. The molecule has 0 aliphatic carbocycles. The molecule has 142 valence electrons. The van der Waals surface area contributed by atoms with Crippen LogP contribution in [0.15, 0.2) is 36.4 Å². The van der Waals surface area contributed by atoms with Crippen molar-refractivity contribution >= 4 is 27.3 Å². The summed E-state index contributed by atoms with van der Waals surface area (Å²) in [5.41, 5.74) is 1.03. The standard InChI is InChI=1S/C20H19F2NO3S/c1-11(13-9-12(21)7-8-16(13)26-3)23-20(24)19-14(10-25-2)18-15(22)5-4-6-17(18)27-19/h4-9,11H,10H2,1-3H3,(H,23,24). The smallest absolute Gasteiger partial charge is 0.262 e. The SMILES string of the molecule is COCc1c(C(=O)NC(C)c2cc(F)ccc2OC)sc2cccc(F)c12. The number of halogens is 2. The summed E-state index contributed by atoms with van der Waals surface area (Å²) >= 11 is 1.20. The molecular weight excluding hydrogens is 372 g/mol. The van der Waals surface area contributed by atoms with E-state index in [0.717, 1.165) is 0 Å². The number of carbonyl (C=O) groups is 1. The topological polar surface area (TPSA) is 47.6 Å². The van der Waals surface area contributed by atoms with E-state index in [0.29, 0.717) is 31.8 Å². The van der Waals surface area contributed by atoms with Crippen LogP contribution in [0.1, 0.15) is 33.8 Å². The Hall–Kier alpha value is -2.51. The van der Waals surface area contributed by atoms with Crippen LogP contribution in [0.25, 0.3) is 10.1 Å². The zero-order chi connectivity index (χ0) is 19.6. The lowest BCUT2D eigenvalue weighted by Gasteiger charge is -2.17. The minimum atomic E-state index is -0.506. The summed E-state index contributed by atoms with van der Waals surface area (Å²) in [6.07, 6.45) is 0. The van der Waals surface area contributed by atoms with Crippen LogP contribution >= 0.6 is 11.3 Å². The van der Waals surface area contributed by atoms with Gasteiger partial charge in [0.25, 0.3) is 5.91 Å². The third-order valence-electron chi connectivity index (χ3n) is 4.26. The fourth-order valence-corrected chi connectivity index (χ4v) is 4.14. The second kappa shape index (κ2) is 8.02. The largest absolute Gasteiger partial charge is 0.496 e. The van der Waals surface area contributed by atoms with Gasteiger partial charge in [0.05, 0.1) is 24.6 Å². The summed E-state index contributed by atoms with van der Waals surface area (Å²) in [5.74, 6) is -0.712. The summed E-state index contributed by atoms with van der Waals surface area (Å²) in [5, 5.41) is 3.23. The van der Waals surface area contributed by atoms with Crippen LogP contribution < -0.4 is 10.1 Å². The van der Waals surface area contributed by atoms with Crippen molar-refractivity contribution in [1.82, 2.24) is 5.32 Å². The van der Waals surface area contributed by atoms with Gasteiger partial charge < -0.3 is 14.8 Å². The summed E-state index contributed by atoms with van der Waals surface area (Å²) in [4.78, 5) is 13.3. The highest BCUT2D eigenvalue weighted by Gasteiger charge is 2.23. The molecule has 0 saturated heterocycles. The molecule has 3 rings (SSSR count). The van der Waals surface area contributed by atoms with Gasteiger partial charge in [0.2, 0.25) is 0 Å². The van der Waals surface area contributed by atoms with Gasteiger partial charge in [-0.2, -0.15) is 0 Å². The van der Waals surface area contributed by atoms with Gasteiger partial charge >= 0.3 is 0 Å². The van der Waals surface area contributed by atoms with Gasteiger partial charge in [0.1, 0.15) is 17.4 Å². The van der Waals surface area contributed by atoms with E-state index in [4.69, 9.17) is 9.47 Å². The molecule has 1 unspecified atom stereocenters. The average Bonchev–Trinajstić information content (AvgIpc) is 3.02. The Morgan fingerprint density at radius 2 is 2.00 bits per heavy atom. The fraction of sp³-hybridized carbons (Fsp3) is 0.250. The maximum atomic E-state index is 14.3. The van der Waals surface area contributed by atoms with E-state index in [-0.39, 0.29) is 12.5 Å². The van der Waals surface area contributed by atoms with Crippen molar-refractivity contribution in [2.24, 2.45) is 0 Å². The quantitative estimate of drug-likeness (QED) is 0.655. The van der Waals surface area contributed by atoms with Gasteiger partial charge in [0, 0.05) is 28.3 Å². The number of rotatable bonds is 6. The van der Waals surface area contributed by atoms with Crippen LogP contribution in [-0.2, 0) is 11.3 Å². The van der Waals surface area contributed by atoms with Crippen molar-refractivity contribution < 1.29 is 23.0 Å². The third kappa shape index (κ3) is 3.79. The lowest BCUT2D eigenvalue weighted by molar-refractivity contribution is 0.0939. The summed E-state index contributed by atoms with van der Waals surface area (Å²) in [7, 11) is 2.98. The molecule has 0 aliphatic rings. The van der Waals surface area contributed by atoms with E-state index in [1.165, 1.54) is 49.8 Å². The van der Waals surface area contributed by atoms with Gasteiger partial charge in [0.15, 0.2) is 0 Å². The molecule has 1 N–H and O–H groups in total. The van der Waals surface area contributed by atoms with E-state index in [9.17, 15) is 13.6 Å². The first-order valence-corrected chi connectivity index (χ1v) is 9.11. The van der Waals surface area contributed by atoms with Crippen LogP contribution in [0.3, 0.4) is 0 Å². The van der Waals surface area contributed by atoms with Crippen molar-refractivity contribution in [2.45, 2.75) is 19.6 Å². The van der Waals surface area contributed by atoms with E-state index in [2.05, 4.69) is 5.32 Å². The van der Waals surface area contributed by atoms with Crippen LogP contribution in [0, 0.1) is 11.6 Å². The predicted octanol–water partition coefficient (Wildman–Crippen LogP) is 4.83. The average molecular weight is 391 g/mol. The number of nitrogens with one attached hydrogen (secondary N) is 1. The lowest BCUT2D eigenvalue weighted by Crippen LogP contribution is -2.27. The Morgan fingerprint density at radius 3 is 2.70 bits per heavy atom. The molecule has 27 heavy (non-hydrogen) atoms. The van der Waals surface area contributed by atoms with Gasteiger partial charge in [-0.25, -0.2) is 8.78 Å². The number of carbonyl (C=O) groups excluding carboxylic acids is 1. The first-order chi connectivity index (χ1) is 13.0. The second-order valence-corrected chi connectivity index (χ2v) is 7.09. The fourth-order valence-electron chi connectivity index (χ4n) is 3.02. The third-order valence-corrected chi connectivity index (χ3v) is 5.46. The molecule has 2 aromatic carbocycles. The molecule has 0 fully saturated rings. The van der Waals surface area contributed by atoms with Crippen molar-refractivity contribution in [3.63, 3.8) is 0 Å². The molecular formula is C20H19F2NO3S. The van der Waals surface area contributed by atoms with Crippen LogP contribution in [0.5, 0.6) is 5.75 Å². The number of fused-ring (bicyclic) bond motifs is 1. The Labute approximate surface area is 159 Å². The van der Waals surface area contributed by atoms with Crippen molar-refractivity contribution in [3.8, 4) is 5.75 Å². The molecule has 0 saturated carbocycles. The molecule has 1 aromatic heterocycles. The molecule has 0 radical (unpaired) electrons. The Kier molecular flexibility index (Phi) is 5.72. The van der Waals surface area contributed by atoms with E-state index < -0.39 is 17.7 Å². The molecule has 0 aliphatic heterocycles. The second-order valence-electron chi connectivity index (χ2n) is 6.04. The van der Waals surface area contributed by atoms with Gasteiger partial charge in [-0.1, -0.05) is 6.07 Å². The molecule has 1 amide bonds. The molecule has 1 atom stereocenters. The molecule has 0 spiro atoms. The van der Waals surface area contributed by atoms with E-state index in [1.54, 1.807) is 19.1 Å². The highest BCUT2D eigenvalue weighted by Crippen LogP contribution is 2.34. The van der Waals surface area contributed by atoms with Gasteiger partial charge in [-0.05, 0) is 37.3 Å². The van der Waals surface area contributed by atoms with Crippen LogP contribution in [-0.4, -0.2) is 20.1 Å². The summed E-state index contributed by atoms with van der Waals surface area (Å²) in [6.45, 7) is 1.85. The predicted molar refractivity (Wildman–Crippen MR) is 101 cm³/mol. The minimum absolute atomic E-state index is 0.112. The monoisotopic (exact) mass is 391 g/mol. The Balaban J connectivity index is 1.96. The molecule has 4 nitrogen and oxygen atoms in total. The number of benzene rings is 2. The number of hydrogen-bond acceptors (Lipinski definition) is 4. The summed E-state index contributed by atoms with van der Waals surface area (Å²) < 4.78 is 39.0. The highest BCUT2D eigenvalue weighted by molar-refractivity contribution is 7.21. The van der Waals surface area contributed by atoms with Crippen LogP contribution in [0.2, 0.25) is 0 Å². The highest BCUT2D eigenvalue weighted by atomic mass is 32.1. The van der Waals surface area contributed by atoms with Crippen LogP contribution in [0.4, 0.5) is 8.78 Å². The molecule has 1 heterocycles. The first-order valence-electron chi connectivity index (χ1n) is 8.29. The maximum absolute atomic E-state index is 14.3. The Bertz CT molecular complexity index is 987. The van der Waals surface area contributed by atoms with Gasteiger partial charge in [-0.15, -0.1) is 11.3 Å². The normalized spacial score (nSPS) is 12.2. The minimum Gasteiger partial charge on any atom is -0.496 e. The summed E-state index contributed by atoms with van der Waals surface area (Å²) in [6, 6.07) is 8.35.